The van der Waals surface area contributed by atoms with Crippen molar-refractivity contribution >= 4 is 43.4 Å². The number of hydrogen-bond acceptors (Lipinski definition) is 2. The summed E-state index contributed by atoms with van der Waals surface area (Å²) in [5, 5.41) is 3.55. The van der Waals surface area contributed by atoms with Gasteiger partial charge in [-0.15, -0.1) is 11.3 Å². The van der Waals surface area contributed by atoms with Gasteiger partial charge in [0.05, 0.1) is 26.7 Å². The first-order valence-electron chi connectivity index (χ1n) is 16.1. The van der Waals surface area contributed by atoms with Crippen LogP contribution < -0.4 is 0 Å². The lowest BCUT2D eigenvalue weighted by Crippen LogP contribution is -2.28. The number of benzene rings is 7. The second kappa shape index (κ2) is 10.1. The molecule has 2 aromatic heterocycles. The monoisotopic (exact) mass is 616 g/mol. The summed E-state index contributed by atoms with van der Waals surface area (Å²) >= 11 is 1.75. The zero-order valence-electron chi connectivity index (χ0n) is 25.5. The molecular weight excluding hydrogens is 589 g/mol. The van der Waals surface area contributed by atoms with Gasteiger partial charge in [0.15, 0.2) is 0 Å². The Kier molecular flexibility index (Phi) is 5.69. The predicted molar refractivity (Wildman–Crippen MR) is 197 cm³/mol. The minimum Gasteiger partial charge on any atom is -0.309 e. The molecule has 220 valence electrons. The van der Waals surface area contributed by atoms with Gasteiger partial charge in [0.1, 0.15) is 5.01 Å². The molecule has 1 aliphatic carbocycles. The van der Waals surface area contributed by atoms with Crippen molar-refractivity contribution in [2.75, 3.05) is 0 Å². The van der Waals surface area contributed by atoms with Crippen LogP contribution in [0.1, 0.15) is 22.3 Å². The number of nitrogens with zero attached hydrogens (tertiary/aromatic N) is 2. The number of rotatable bonds is 4. The predicted octanol–water partition coefficient (Wildman–Crippen LogP) is 11.4. The zero-order valence-corrected chi connectivity index (χ0v) is 26.3. The number of aromatic nitrogens is 2. The van der Waals surface area contributed by atoms with Crippen molar-refractivity contribution in [1.29, 1.82) is 0 Å². The van der Waals surface area contributed by atoms with Crippen LogP contribution in [0.15, 0.2) is 170 Å². The van der Waals surface area contributed by atoms with Crippen LogP contribution in [-0.2, 0) is 5.41 Å². The fourth-order valence-corrected chi connectivity index (χ4v) is 8.92. The van der Waals surface area contributed by atoms with Gasteiger partial charge in [0, 0.05) is 22.0 Å². The van der Waals surface area contributed by atoms with Crippen LogP contribution in [0.25, 0.3) is 59.4 Å². The largest absolute Gasteiger partial charge is 0.309 e. The lowest BCUT2D eigenvalue weighted by atomic mass is 9.67. The van der Waals surface area contributed by atoms with Gasteiger partial charge in [-0.05, 0) is 75.8 Å². The van der Waals surface area contributed by atoms with Gasteiger partial charge in [0.25, 0.3) is 0 Å². The molecule has 2 nitrogen and oxygen atoms in total. The molecule has 0 unspecified atom stereocenters. The molecule has 0 saturated carbocycles. The van der Waals surface area contributed by atoms with E-state index in [0.717, 1.165) is 21.8 Å². The van der Waals surface area contributed by atoms with E-state index in [1.807, 2.05) is 0 Å². The van der Waals surface area contributed by atoms with Crippen LogP contribution in [0.4, 0.5) is 0 Å². The summed E-state index contributed by atoms with van der Waals surface area (Å²) in [6, 6.07) is 62.1. The Morgan fingerprint density at radius 1 is 0.489 bits per heavy atom. The van der Waals surface area contributed by atoms with E-state index < -0.39 is 5.41 Å². The van der Waals surface area contributed by atoms with Crippen LogP contribution in [0.3, 0.4) is 0 Å². The Labute approximate surface area is 276 Å². The van der Waals surface area contributed by atoms with E-state index in [2.05, 4.69) is 174 Å². The van der Waals surface area contributed by atoms with Crippen molar-refractivity contribution in [3.8, 4) is 27.4 Å². The first-order valence-corrected chi connectivity index (χ1v) is 16.9. The molecule has 2 heterocycles. The van der Waals surface area contributed by atoms with E-state index >= 15 is 0 Å². The highest BCUT2D eigenvalue weighted by molar-refractivity contribution is 7.21. The highest BCUT2D eigenvalue weighted by Crippen LogP contribution is 2.57. The maximum atomic E-state index is 4.99. The van der Waals surface area contributed by atoms with Gasteiger partial charge < -0.3 is 4.57 Å². The fraction of sp³-hybridized carbons (Fsp3) is 0.0227. The van der Waals surface area contributed by atoms with Gasteiger partial charge in [-0.3, -0.25) is 0 Å². The molecule has 0 amide bonds. The minimum atomic E-state index is -0.432. The molecule has 1 aliphatic rings. The molecular formula is C44H28N2S. The third kappa shape index (κ3) is 3.75. The van der Waals surface area contributed by atoms with Gasteiger partial charge >= 0.3 is 0 Å². The van der Waals surface area contributed by atoms with E-state index in [4.69, 9.17) is 4.98 Å². The highest BCUT2D eigenvalue weighted by atomic mass is 32.1. The number of para-hydroxylation sites is 2. The molecule has 0 spiro atoms. The molecule has 47 heavy (non-hydrogen) atoms. The van der Waals surface area contributed by atoms with Crippen molar-refractivity contribution in [2.24, 2.45) is 0 Å². The van der Waals surface area contributed by atoms with E-state index in [-0.39, 0.29) is 0 Å². The first-order chi connectivity index (χ1) is 23.3. The molecule has 0 N–H and O–H groups in total. The van der Waals surface area contributed by atoms with E-state index in [1.54, 1.807) is 11.3 Å². The van der Waals surface area contributed by atoms with E-state index in [0.29, 0.717) is 0 Å². The number of thiazole rings is 1. The Morgan fingerprint density at radius 3 is 2.00 bits per heavy atom. The van der Waals surface area contributed by atoms with Crippen molar-refractivity contribution in [3.63, 3.8) is 0 Å². The summed E-state index contributed by atoms with van der Waals surface area (Å²) in [4.78, 5) is 4.99. The standard InChI is InChI=1S/C44H28N2S/c1-3-15-30(16-4-1)44(31-17-5-2-6-18-31)37-22-9-7-20-33(37)35-28-41-36(27-38(35)44)34-21-8-11-24-40(34)46(41)32-19-13-14-29(26-32)43-45-39-23-10-12-25-42(39)47-43/h1-28H. The summed E-state index contributed by atoms with van der Waals surface area (Å²) in [5.74, 6) is 0. The van der Waals surface area contributed by atoms with Crippen molar-refractivity contribution in [3.05, 3.63) is 192 Å². The topological polar surface area (TPSA) is 17.8 Å². The molecule has 9 aromatic rings. The molecule has 0 atom stereocenters. The maximum absolute atomic E-state index is 4.99. The lowest BCUT2D eigenvalue weighted by Gasteiger charge is -2.33. The Hall–Kier alpha value is -5.77. The average molecular weight is 617 g/mol. The maximum Gasteiger partial charge on any atom is 0.124 e. The molecule has 0 bridgehead atoms. The van der Waals surface area contributed by atoms with Crippen LogP contribution in [-0.4, -0.2) is 9.55 Å². The number of hydrogen-bond donors (Lipinski definition) is 0. The van der Waals surface area contributed by atoms with Gasteiger partial charge in [-0.1, -0.05) is 127 Å². The highest BCUT2D eigenvalue weighted by Gasteiger charge is 2.46. The van der Waals surface area contributed by atoms with Crippen molar-refractivity contribution < 1.29 is 0 Å². The summed E-state index contributed by atoms with van der Waals surface area (Å²) in [7, 11) is 0. The second-order valence-electron chi connectivity index (χ2n) is 12.3. The Bertz CT molecular complexity index is 2560. The van der Waals surface area contributed by atoms with Gasteiger partial charge in [0.2, 0.25) is 0 Å². The van der Waals surface area contributed by atoms with Gasteiger partial charge in [-0.25, -0.2) is 4.98 Å². The van der Waals surface area contributed by atoms with Crippen LogP contribution >= 0.6 is 11.3 Å². The molecule has 0 aliphatic heterocycles. The van der Waals surface area contributed by atoms with E-state index in [9.17, 15) is 0 Å². The molecule has 0 saturated heterocycles. The van der Waals surface area contributed by atoms with Gasteiger partial charge in [-0.2, -0.15) is 0 Å². The smallest absolute Gasteiger partial charge is 0.124 e. The number of fused-ring (bicyclic) bond motifs is 7. The second-order valence-corrected chi connectivity index (χ2v) is 13.4. The molecule has 7 aromatic carbocycles. The van der Waals surface area contributed by atoms with Crippen LogP contribution in [0.2, 0.25) is 0 Å². The fourth-order valence-electron chi connectivity index (χ4n) is 7.96. The van der Waals surface area contributed by atoms with E-state index in [1.165, 1.54) is 59.9 Å². The Morgan fingerprint density at radius 2 is 1.19 bits per heavy atom. The zero-order chi connectivity index (χ0) is 31.0. The normalized spacial score (nSPS) is 13.3. The summed E-state index contributed by atoms with van der Waals surface area (Å²) in [5.41, 5.74) is 13.1. The van der Waals surface area contributed by atoms with Crippen molar-refractivity contribution in [2.45, 2.75) is 5.41 Å². The van der Waals surface area contributed by atoms with Crippen LogP contribution in [0.5, 0.6) is 0 Å². The third-order valence-electron chi connectivity index (χ3n) is 9.90. The quantitative estimate of drug-likeness (QED) is 0.192. The molecule has 0 fully saturated rings. The summed E-state index contributed by atoms with van der Waals surface area (Å²) < 4.78 is 3.65. The lowest BCUT2D eigenvalue weighted by molar-refractivity contribution is 0.769. The molecule has 3 heteroatoms. The average Bonchev–Trinajstić information content (AvgIpc) is 3.81. The molecule has 10 rings (SSSR count). The first kappa shape index (κ1) is 26.4. The summed E-state index contributed by atoms with van der Waals surface area (Å²) in [6.07, 6.45) is 0. The van der Waals surface area contributed by atoms with Crippen molar-refractivity contribution in [1.82, 2.24) is 9.55 Å². The Balaban J connectivity index is 1.28. The van der Waals surface area contributed by atoms with Crippen LogP contribution in [0, 0.1) is 0 Å². The summed E-state index contributed by atoms with van der Waals surface area (Å²) in [6.45, 7) is 0. The molecule has 0 radical (unpaired) electrons. The minimum absolute atomic E-state index is 0.432. The third-order valence-corrected chi connectivity index (χ3v) is 11.0. The SMILES string of the molecule is c1ccc(C2(c3ccccc3)c3ccccc3-c3cc4c(cc32)c2ccccc2n4-c2cccc(-c3nc4ccccc4s3)c2)cc1.